The van der Waals surface area contributed by atoms with E-state index in [-0.39, 0.29) is 18.4 Å². The Morgan fingerprint density at radius 2 is 1.70 bits per heavy atom. The number of carbonyl (C=O) groups excluding carboxylic acids is 2. The molecule has 1 atom stereocenters. The first-order valence-electron chi connectivity index (χ1n) is 9.51. The Hall–Kier alpha value is -3.03. The number of aromatic nitrogens is 1. The Bertz CT molecular complexity index is 1010. The maximum Gasteiger partial charge on any atom is 0.241 e. The third kappa shape index (κ3) is 5.75. The number of hydrogen-bond acceptors (Lipinski definition) is 4. The smallest absolute Gasteiger partial charge is 0.241 e. The number of hydrogen-bond donors (Lipinski definition) is 2. The SMILES string of the molecule is CC(C(=O)Nc1ccccc1-c1ccccc1)N(C)CC(=O)Nc1ccc(Br)cn1. The number of para-hydroxylation sites is 1. The maximum absolute atomic E-state index is 12.8. The third-order valence-electron chi connectivity index (χ3n) is 4.70. The van der Waals surface area contributed by atoms with Crippen LogP contribution in [0.4, 0.5) is 11.5 Å². The molecule has 1 aromatic heterocycles. The lowest BCUT2D eigenvalue weighted by Gasteiger charge is -2.23. The number of pyridine rings is 1. The van der Waals surface area contributed by atoms with Gasteiger partial charge < -0.3 is 10.6 Å². The van der Waals surface area contributed by atoms with E-state index in [9.17, 15) is 9.59 Å². The highest BCUT2D eigenvalue weighted by Gasteiger charge is 2.21. The molecular weight excluding hydrogens is 444 g/mol. The zero-order valence-corrected chi connectivity index (χ0v) is 18.4. The van der Waals surface area contributed by atoms with E-state index in [0.29, 0.717) is 5.82 Å². The van der Waals surface area contributed by atoms with Crippen molar-refractivity contribution in [2.75, 3.05) is 24.2 Å². The van der Waals surface area contributed by atoms with Gasteiger partial charge in [0.15, 0.2) is 0 Å². The molecule has 0 aliphatic carbocycles. The number of benzene rings is 2. The standard InChI is InChI=1S/C23H23BrN4O2/c1-16(28(2)15-22(29)27-21-13-12-18(24)14-25-21)23(30)26-20-11-7-6-10-19(20)17-8-4-3-5-9-17/h3-14,16H,15H2,1-2H3,(H,26,30)(H,25,27,29). The van der Waals surface area contributed by atoms with Crippen molar-refractivity contribution >= 4 is 39.2 Å². The van der Waals surface area contributed by atoms with Gasteiger partial charge in [0.05, 0.1) is 12.6 Å². The van der Waals surface area contributed by atoms with Crippen molar-refractivity contribution in [3.63, 3.8) is 0 Å². The average Bonchev–Trinajstić information content (AvgIpc) is 2.75. The second-order valence-corrected chi connectivity index (χ2v) is 7.82. The Morgan fingerprint density at radius 3 is 2.40 bits per heavy atom. The van der Waals surface area contributed by atoms with E-state index in [1.54, 1.807) is 37.2 Å². The first-order valence-corrected chi connectivity index (χ1v) is 10.3. The van der Waals surface area contributed by atoms with Gasteiger partial charge in [0.1, 0.15) is 5.82 Å². The monoisotopic (exact) mass is 466 g/mol. The summed E-state index contributed by atoms with van der Waals surface area (Å²) in [5, 5.41) is 5.72. The average molecular weight is 467 g/mol. The molecule has 0 radical (unpaired) electrons. The summed E-state index contributed by atoms with van der Waals surface area (Å²) >= 11 is 3.31. The minimum absolute atomic E-state index is 0.0622. The van der Waals surface area contributed by atoms with E-state index in [0.717, 1.165) is 21.3 Å². The number of carbonyl (C=O) groups is 2. The predicted octanol–water partition coefficient (Wildman–Crippen LogP) is 4.41. The summed E-state index contributed by atoms with van der Waals surface area (Å²) < 4.78 is 0.832. The molecule has 2 amide bonds. The summed E-state index contributed by atoms with van der Waals surface area (Å²) in [4.78, 5) is 30.9. The first kappa shape index (κ1) is 21.7. The molecule has 0 aliphatic heterocycles. The maximum atomic E-state index is 12.8. The van der Waals surface area contributed by atoms with Crippen LogP contribution in [-0.4, -0.2) is 41.3 Å². The highest BCUT2D eigenvalue weighted by atomic mass is 79.9. The number of anilines is 2. The number of nitrogens with zero attached hydrogens (tertiary/aromatic N) is 2. The van der Waals surface area contributed by atoms with Gasteiger partial charge in [0.2, 0.25) is 11.8 Å². The van der Waals surface area contributed by atoms with Crippen molar-refractivity contribution < 1.29 is 9.59 Å². The minimum atomic E-state index is -0.502. The molecule has 0 spiro atoms. The molecule has 2 aromatic carbocycles. The van der Waals surface area contributed by atoms with Crippen LogP contribution in [0.5, 0.6) is 0 Å². The lowest BCUT2D eigenvalue weighted by molar-refractivity contribution is -0.122. The van der Waals surface area contributed by atoms with E-state index in [2.05, 4.69) is 31.5 Å². The lowest BCUT2D eigenvalue weighted by atomic mass is 10.0. The molecule has 0 bridgehead atoms. The molecule has 0 fully saturated rings. The number of likely N-dealkylation sites (N-methyl/N-ethyl adjacent to an activating group) is 1. The second-order valence-electron chi connectivity index (χ2n) is 6.90. The zero-order chi connectivity index (χ0) is 21.5. The Labute approximate surface area is 184 Å². The van der Waals surface area contributed by atoms with E-state index >= 15 is 0 Å². The highest BCUT2D eigenvalue weighted by Crippen LogP contribution is 2.27. The fourth-order valence-electron chi connectivity index (χ4n) is 2.89. The van der Waals surface area contributed by atoms with Crippen LogP contribution in [0.15, 0.2) is 77.4 Å². The van der Waals surface area contributed by atoms with Crippen LogP contribution in [-0.2, 0) is 9.59 Å². The molecule has 3 rings (SSSR count). The summed E-state index contributed by atoms with van der Waals surface area (Å²) in [7, 11) is 1.74. The topological polar surface area (TPSA) is 74.3 Å². The molecule has 0 aliphatic rings. The van der Waals surface area contributed by atoms with Crippen molar-refractivity contribution in [1.29, 1.82) is 0 Å². The predicted molar refractivity (Wildman–Crippen MR) is 123 cm³/mol. The van der Waals surface area contributed by atoms with Gasteiger partial charge in [-0.25, -0.2) is 4.98 Å². The molecule has 30 heavy (non-hydrogen) atoms. The van der Waals surface area contributed by atoms with Gasteiger partial charge in [-0.2, -0.15) is 0 Å². The molecule has 3 aromatic rings. The van der Waals surface area contributed by atoms with Gasteiger partial charge in [-0.3, -0.25) is 14.5 Å². The number of amides is 2. The molecule has 7 heteroatoms. The third-order valence-corrected chi connectivity index (χ3v) is 5.17. The van der Waals surface area contributed by atoms with Crippen LogP contribution in [0.3, 0.4) is 0 Å². The van der Waals surface area contributed by atoms with Crippen molar-refractivity contribution in [2.45, 2.75) is 13.0 Å². The van der Waals surface area contributed by atoms with Gasteiger partial charge in [-0.1, -0.05) is 48.5 Å². The van der Waals surface area contributed by atoms with Crippen LogP contribution >= 0.6 is 15.9 Å². The molecule has 0 saturated heterocycles. The van der Waals surface area contributed by atoms with Crippen LogP contribution in [0.2, 0.25) is 0 Å². The van der Waals surface area contributed by atoms with E-state index < -0.39 is 6.04 Å². The van der Waals surface area contributed by atoms with E-state index in [1.165, 1.54) is 0 Å². The fourth-order valence-corrected chi connectivity index (χ4v) is 3.13. The van der Waals surface area contributed by atoms with Gasteiger partial charge in [-0.15, -0.1) is 0 Å². The summed E-state index contributed by atoms with van der Waals surface area (Å²) in [6.07, 6.45) is 1.61. The summed E-state index contributed by atoms with van der Waals surface area (Å²) in [5.41, 5.74) is 2.70. The molecule has 6 nitrogen and oxygen atoms in total. The fraction of sp³-hybridized carbons (Fsp3) is 0.174. The molecule has 1 unspecified atom stereocenters. The van der Waals surface area contributed by atoms with Crippen LogP contribution in [0, 0.1) is 0 Å². The Kier molecular flexibility index (Phi) is 7.32. The van der Waals surface area contributed by atoms with E-state index in [1.807, 2.05) is 54.6 Å². The number of halogens is 1. The Balaban J connectivity index is 1.62. The van der Waals surface area contributed by atoms with Crippen molar-refractivity contribution in [2.24, 2.45) is 0 Å². The van der Waals surface area contributed by atoms with Gasteiger partial charge in [-0.05, 0) is 53.7 Å². The molecule has 0 saturated carbocycles. The first-order chi connectivity index (χ1) is 14.4. The largest absolute Gasteiger partial charge is 0.324 e. The van der Waals surface area contributed by atoms with Crippen molar-refractivity contribution in [3.8, 4) is 11.1 Å². The van der Waals surface area contributed by atoms with Gasteiger partial charge >= 0.3 is 0 Å². The number of rotatable bonds is 7. The zero-order valence-electron chi connectivity index (χ0n) is 16.8. The normalized spacial score (nSPS) is 11.7. The second kappa shape index (κ2) is 10.1. The van der Waals surface area contributed by atoms with Crippen molar-refractivity contribution in [1.82, 2.24) is 9.88 Å². The minimum Gasteiger partial charge on any atom is -0.324 e. The summed E-state index contributed by atoms with van der Waals surface area (Å²) in [6, 6.07) is 20.5. The van der Waals surface area contributed by atoms with E-state index in [4.69, 9.17) is 0 Å². The quantitative estimate of drug-likeness (QED) is 0.540. The molecular formula is C23H23BrN4O2. The number of nitrogens with one attached hydrogen (secondary N) is 2. The van der Waals surface area contributed by atoms with Gasteiger partial charge in [0, 0.05) is 21.9 Å². The van der Waals surface area contributed by atoms with Crippen molar-refractivity contribution in [3.05, 3.63) is 77.4 Å². The van der Waals surface area contributed by atoms with Crippen LogP contribution in [0.1, 0.15) is 6.92 Å². The Morgan fingerprint density at radius 1 is 1.00 bits per heavy atom. The highest BCUT2D eigenvalue weighted by molar-refractivity contribution is 9.10. The van der Waals surface area contributed by atoms with Crippen LogP contribution < -0.4 is 10.6 Å². The molecule has 2 N–H and O–H groups in total. The summed E-state index contributed by atoms with van der Waals surface area (Å²) in [6.45, 7) is 1.83. The van der Waals surface area contributed by atoms with Crippen LogP contribution in [0.25, 0.3) is 11.1 Å². The summed E-state index contributed by atoms with van der Waals surface area (Å²) in [5.74, 6) is 0.0394. The van der Waals surface area contributed by atoms with Gasteiger partial charge in [0.25, 0.3) is 0 Å². The molecule has 154 valence electrons. The lowest BCUT2D eigenvalue weighted by Crippen LogP contribution is -2.43. The molecule has 1 heterocycles.